The van der Waals surface area contributed by atoms with Crippen molar-refractivity contribution in [3.05, 3.63) is 224 Å². The van der Waals surface area contributed by atoms with Crippen LogP contribution in [-0.4, -0.2) is 0 Å². The van der Waals surface area contributed by atoms with Gasteiger partial charge in [0.15, 0.2) is 0 Å². The van der Waals surface area contributed by atoms with E-state index in [-0.39, 0.29) is 0 Å². The normalized spacial score (nSPS) is 11.2. The molecule has 0 aliphatic carbocycles. The Morgan fingerprint density at radius 3 is 1.64 bits per heavy atom. The maximum Gasteiger partial charge on any atom is 0.143 e. The number of benzene rings is 9. The van der Waals surface area contributed by atoms with Crippen molar-refractivity contribution in [1.29, 1.82) is 0 Å². The molecule has 0 aliphatic rings. The fraction of sp³-hybridized carbons (Fsp3) is 0. The highest BCUT2D eigenvalue weighted by Crippen LogP contribution is 2.45. The molecule has 0 saturated heterocycles. The van der Waals surface area contributed by atoms with Gasteiger partial charge < -0.3 is 9.32 Å². The lowest BCUT2D eigenvalue weighted by molar-refractivity contribution is 0.632. The minimum atomic E-state index is 0.859. The quantitative estimate of drug-likeness (QED) is 0.156. The molecule has 264 valence electrons. The average Bonchev–Trinajstić information content (AvgIpc) is 3.68. The van der Waals surface area contributed by atoms with Crippen molar-refractivity contribution in [2.75, 3.05) is 4.90 Å². The smallest absolute Gasteiger partial charge is 0.143 e. The van der Waals surface area contributed by atoms with Gasteiger partial charge in [0.25, 0.3) is 0 Å². The molecular weight excluding hydrogens is 679 g/mol. The molecule has 0 bridgehead atoms. The van der Waals surface area contributed by atoms with Gasteiger partial charge in [0.1, 0.15) is 11.3 Å². The molecular formula is C54H37NO. The summed E-state index contributed by atoms with van der Waals surface area (Å²) in [6.45, 7) is 0. The van der Waals surface area contributed by atoms with Gasteiger partial charge in [-0.3, -0.25) is 0 Å². The summed E-state index contributed by atoms with van der Waals surface area (Å²) in [6.07, 6.45) is 0. The molecule has 10 aromatic rings. The van der Waals surface area contributed by atoms with Gasteiger partial charge in [-0.2, -0.15) is 0 Å². The Kier molecular flexibility index (Phi) is 8.55. The van der Waals surface area contributed by atoms with Gasteiger partial charge in [0, 0.05) is 33.5 Å². The number of furan rings is 1. The Bertz CT molecular complexity index is 2940. The van der Waals surface area contributed by atoms with Crippen molar-refractivity contribution in [3.8, 4) is 55.8 Å². The first kappa shape index (κ1) is 33.2. The highest BCUT2D eigenvalue weighted by atomic mass is 16.3. The lowest BCUT2D eigenvalue weighted by Crippen LogP contribution is -2.11. The van der Waals surface area contributed by atoms with Gasteiger partial charge in [0.05, 0.1) is 5.69 Å². The Morgan fingerprint density at radius 1 is 0.321 bits per heavy atom. The van der Waals surface area contributed by atoms with Crippen molar-refractivity contribution in [2.24, 2.45) is 0 Å². The van der Waals surface area contributed by atoms with Crippen molar-refractivity contribution < 1.29 is 4.42 Å². The summed E-state index contributed by atoms with van der Waals surface area (Å²) in [5.41, 5.74) is 14.4. The zero-order valence-corrected chi connectivity index (χ0v) is 30.7. The molecule has 0 unspecified atom stereocenters. The largest absolute Gasteiger partial charge is 0.455 e. The average molecular weight is 716 g/mol. The molecule has 1 heterocycles. The Morgan fingerprint density at radius 2 is 0.857 bits per heavy atom. The summed E-state index contributed by atoms with van der Waals surface area (Å²) in [6, 6.07) is 79.9. The third kappa shape index (κ3) is 6.14. The van der Waals surface area contributed by atoms with E-state index in [1.54, 1.807) is 0 Å². The Labute approximate surface area is 327 Å². The summed E-state index contributed by atoms with van der Waals surface area (Å²) in [7, 11) is 0. The lowest BCUT2D eigenvalue weighted by atomic mass is 9.96. The third-order valence-electron chi connectivity index (χ3n) is 10.7. The first-order valence-electron chi connectivity index (χ1n) is 19.1. The molecule has 0 fully saturated rings. The Hall–Kier alpha value is -7.42. The minimum absolute atomic E-state index is 0.859. The first-order chi connectivity index (χ1) is 27.8. The monoisotopic (exact) mass is 715 g/mol. The number of hydrogen-bond donors (Lipinski definition) is 0. The van der Waals surface area contributed by atoms with Gasteiger partial charge >= 0.3 is 0 Å². The second-order valence-electron chi connectivity index (χ2n) is 14.1. The zero-order chi connectivity index (χ0) is 37.3. The predicted molar refractivity (Wildman–Crippen MR) is 236 cm³/mol. The summed E-state index contributed by atoms with van der Waals surface area (Å²) >= 11 is 0. The standard InChI is InChI=1S/C54H37NO/c1-3-15-41(16-4-1)49-24-9-11-27-51(49)55(46-22-13-21-44(37-46)54-53(43-18-5-2-6-19-43)50-25-10-12-28-52(50)56-54)45-35-33-39(34-36-45)38-29-31-42(32-30-38)48-26-14-20-40-17-7-8-23-47(40)48/h1-37H. The summed E-state index contributed by atoms with van der Waals surface area (Å²) in [5, 5.41) is 3.62. The van der Waals surface area contributed by atoms with Crippen LogP contribution in [0.2, 0.25) is 0 Å². The van der Waals surface area contributed by atoms with E-state index in [1.165, 1.54) is 27.5 Å². The summed E-state index contributed by atoms with van der Waals surface area (Å²) < 4.78 is 6.68. The molecule has 0 aliphatic heterocycles. The van der Waals surface area contributed by atoms with Crippen LogP contribution in [0.15, 0.2) is 229 Å². The number of fused-ring (bicyclic) bond motifs is 2. The Balaban J connectivity index is 1.07. The van der Waals surface area contributed by atoms with Crippen molar-refractivity contribution >= 4 is 38.8 Å². The maximum atomic E-state index is 6.68. The van der Waals surface area contributed by atoms with Crippen molar-refractivity contribution in [3.63, 3.8) is 0 Å². The van der Waals surface area contributed by atoms with E-state index < -0.39 is 0 Å². The molecule has 0 atom stereocenters. The molecule has 2 heteroatoms. The van der Waals surface area contributed by atoms with Crippen molar-refractivity contribution in [2.45, 2.75) is 0 Å². The SMILES string of the molecule is c1ccc(-c2ccccc2N(c2ccc(-c3ccc(-c4cccc5ccccc45)cc3)cc2)c2cccc(-c3oc4ccccc4c3-c3ccccc3)c2)cc1. The van der Waals surface area contributed by atoms with Gasteiger partial charge in [-0.25, -0.2) is 0 Å². The van der Waals surface area contributed by atoms with E-state index in [0.29, 0.717) is 0 Å². The molecule has 10 rings (SSSR count). The van der Waals surface area contributed by atoms with Crippen LogP contribution in [0.5, 0.6) is 0 Å². The van der Waals surface area contributed by atoms with Crippen LogP contribution in [0.25, 0.3) is 77.6 Å². The fourth-order valence-electron chi connectivity index (χ4n) is 8.01. The highest BCUT2D eigenvalue weighted by molar-refractivity contribution is 6.02. The van der Waals surface area contributed by atoms with Crippen LogP contribution in [0.3, 0.4) is 0 Å². The van der Waals surface area contributed by atoms with E-state index >= 15 is 0 Å². The zero-order valence-electron chi connectivity index (χ0n) is 30.7. The highest BCUT2D eigenvalue weighted by Gasteiger charge is 2.21. The second-order valence-corrected chi connectivity index (χ2v) is 14.1. The van der Waals surface area contributed by atoms with E-state index in [4.69, 9.17) is 4.42 Å². The van der Waals surface area contributed by atoms with Gasteiger partial charge in [-0.05, 0) is 80.6 Å². The molecule has 0 radical (unpaired) electrons. The second kappa shape index (κ2) is 14.4. The van der Waals surface area contributed by atoms with Crippen LogP contribution in [0.4, 0.5) is 17.1 Å². The molecule has 56 heavy (non-hydrogen) atoms. The molecule has 9 aromatic carbocycles. The van der Waals surface area contributed by atoms with Crippen molar-refractivity contribution in [1.82, 2.24) is 0 Å². The number of hydrogen-bond acceptors (Lipinski definition) is 2. The van der Waals surface area contributed by atoms with Gasteiger partial charge in [-0.1, -0.05) is 188 Å². The van der Waals surface area contributed by atoms with E-state index in [9.17, 15) is 0 Å². The van der Waals surface area contributed by atoms with Crippen LogP contribution < -0.4 is 4.90 Å². The molecule has 0 spiro atoms. The number of rotatable bonds is 8. The topological polar surface area (TPSA) is 16.4 Å². The maximum absolute atomic E-state index is 6.68. The first-order valence-corrected chi connectivity index (χ1v) is 19.1. The molecule has 1 aromatic heterocycles. The number of para-hydroxylation sites is 2. The van der Waals surface area contributed by atoms with E-state index in [2.05, 4.69) is 223 Å². The number of anilines is 3. The molecule has 0 amide bonds. The summed E-state index contributed by atoms with van der Waals surface area (Å²) in [5.74, 6) is 0.859. The van der Waals surface area contributed by atoms with Crippen LogP contribution in [-0.2, 0) is 0 Å². The van der Waals surface area contributed by atoms with Gasteiger partial charge in [-0.15, -0.1) is 0 Å². The van der Waals surface area contributed by atoms with Crippen LogP contribution >= 0.6 is 0 Å². The fourth-order valence-corrected chi connectivity index (χ4v) is 8.01. The molecule has 0 saturated carbocycles. The van der Waals surface area contributed by atoms with Crippen LogP contribution in [0, 0.1) is 0 Å². The van der Waals surface area contributed by atoms with Crippen LogP contribution in [0.1, 0.15) is 0 Å². The van der Waals surface area contributed by atoms with E-state index in [0.717, 1.165) is 67.2 Å². The van der Waals surface area contributed by atoms with Gasteiger partial charge in [0.2, 0.25) is 0 Å². The van der Waals surface area contributed by atoms with E-state index in [1.807, 2.05) is 6.07 Å². The number of nitrogens with zero attached hydrogens (tertiary/aromatic N) is 1. The molecule has 0 N–H and O–H groups in total. The predicted octanol–water partition coefficient (Wildman–Crippen LogP) is 15.4. The third-order valence-corrected chi connectivity index (χ3v) is 10.7. The lowest BCUT2D eigenvalue weighted by Gasteiger charge is -2.28. The summed E-state index contributed by atoms with van der Waals surface area (Å²) in [4.78, 5) is 2.37. The minimum Gasteiger partial charge on any atom is -0.455 e. The molecule has 2 nitrogen and oxygen atoms in total.